The van der Waals surface area contributed by atoms with Gasteiger partial charge in [0.25, 0.3) is 0 Å². The monoisotopic (exact) mass is 294 g/mol. The quantitative estimate of drug-likeness (QED) is 0.889. The summed E-state index contributed by atoms with van der Waals surface area (Å²) in [6, 6.07) is 2.33. The minimum atomic E-state index is -4.47. The molecule has 19 heavy (non-hydrogen) atoms. The number of rotatable bonds is 3. The van der Waals surface area contributed by atoms with E-state index in [9.17, 15) is 18.0 Å². The Morgan fingerprint density at radius 2 is 1.89 bits per heavy atom. The van der Waals surface area contributed by atoms with E-state index in [0.29, 0.717) is 13.1 Å². The lowest BCUT2D eigenvalue weighted by Crippen LogP contribution is -2.34. The Hall–Kier alpha value is -1.43. The first kappa shape index (κ1) is 15.6. The van der Waals surface area contributed by atoms with Crippen molar-refractivity contribution < 1.29 is 18.0 Å². The van der Waals surface area contributed by atoms with Gasteiger partial charge in [-0.25, -0.2) is 4.79 Å². The molecule has 0 atom stereocenters. The SMILES string of the molecule is CCN(CC)C(=O)Nc1cc(C(F)(F)F)ccc1Cl. The highest BCUT2D eigenvalue weighted by molar-refractivity contribution is 6.33. The van der Waals surface area contributed by atoms with Crippen LogP contribution < -0.4 is 5.32 Å². The van der Waals surface area contributed by atoms with Crippen molar-refractivity contribution >= 4 is 23.3 Å². The molecular formula is C12H14ClF3N2O. The smallest absolute Gasteiger partial charge is 0.325 e. The van der Waals surface area contributed by atoms with Gasteiger partial charge < -0.3 is 10.2 Å². The van der Waals surface area contributed by atoms with E-state index in [2.05, 4.69) is 5.32 Å². The van der Waals surface area contributed by atoms with Crippen LogP contribution in [0.3, 0.4) is 0 Å². The largest absolute Gasteiger partial charge is 0.416 e. The molecule has 0 bridgehead atoms. The molecule has 1 aromatic carbocycles. The predicted octanol–water partition coefficient (Wildman–Crippen LogP) is 4.23. The van der Waals surface area contributed by atoms with Gasteiger partial charge in [0.1, 0.15) is 0 Å². The number of carbonyl (C=O) groups excluding carboxylic acids is 1. The molecule has 0 aliphatic heterocycles. The number of urea groups is 1. The summed E-state index contributed by atoms with van der Waals surface area (Å²) < 4.78 is 37.7. The summed E-state index contributed by atoms with van der Waals surface area (Å²) in [5.41, 5.74) is -0.903. The number of hydrogen-bond donors (Lipinski definition) is 1. The lowest BCUT2D eigenvalue weighted by atomic mass is 10.2. The first-order valence-corrected chi connectivity index (χ1v) is 6.10. The molecule has 3 nitrogen and oxygen atoms in total. The van der Waals surface area contributed by atoms with Crippen molar-refractivity contribution in [3.8, 4) is 0 Å². The molecule has 7 heteroatoms. The van der Waals surface area contributed by atoms with Gasteiger partial charge in [0.15, 0.2) is 0 Å². The second-order valence-corrected chi connectivity index (χ2v) is 4.20. The number of benzene rings is 1. The standard InChI is InChI=1S/C12H14ClF3N2O/c1-3-18(4-2)11(19)17-10-7-8(12(14,15)16)5-6-9(10)13/h5-7H,3-4H2,1-2H3,(H,17,19). The third-order valence-corrected chi connectivity index (χ3v) is 2.92. The van der Waals surface area contributed by atoms with Crippen LogP contribution >= 0.6 is 11.6 Å². The zero-order valence-corrected chi connectivity index (χ0v) is 11.3. The normalized spacial score (nSPS) is 11.3. The second-order valence-electron chi connectivity index (χ2n) is 3.79. The zero-order chi connectivity index (χ0) is 14.6. The van der Waals surface area contributed by atoms with Crippen molar-refractivity contribution in [1.29, 1.82) is 0 Å². The molecule has 0 aliphatic carbocycles. The molecule has 0 spiro atoms. The van der Waals surface area contributed by atoms with Crippen LogP contribution in [0, 0.1) is 0 Å². The fraction of sp³-hybridized carbons (Fsp3) is 0.417. The molecule has 1 rings (SSSR count). The molecule has 106 valence electrons. The Bertz CT molecular complexity index is 459. The Morgan fingerprint density at radius 1 is 1.32 bits per heavy atom. The second kappa shape index (κ2) is 6.14. The van der Waals surface area contributed by atoms with Gasteiger partial charge in [-0.3, -0.25) is 0 Å². The minimum absolute atomic E-state index is 0.0478. The van der Waals surface area contributed by atoms with Gasteiger partial charge in [-0.1, -0.05) is 11.6 Å². The predicted molar refractivity (Wildman–Crippen MR) is 68.4 cm³/mol. The summed E-state index contributed by atoms with van der Waals surface area (Å²) in [4.78, 5) is 13.2. The lowest BCUT2D eigenvalue weighted by molar-refractivity contribution is -0.137. The molecule has 1 aromatic rings. The van der Waals surface area contributed by atoms with Crippen molar-refractivity contribution in [2.24, 2.45) is 0 Å². The average Bonchev–Trinajstić information content (AvgIpc) is 2.32. The molecule has 0 radical (unpaired) electrons. The number of nitrogens with zero attached hydrogens (tertiary/aromatic N) is 1. The lowest BCUT2D eigenvalue weighted by Gasteiger charge is -2.20. The molecule has 0 aromatic heterocycles. The van der Waals surface area contributed by atoms with Crippen LogP contribution in [-0.2, 0) is 6.18 Å². The molecule has 0 heterocycles. The molecule has 0 aliphatic rings. The van der Waals surface area contributed by atoms with E-state index < -0.39 is 17.8 Å². The summed E-state index contributed by atoms with van der Waals surface area (Å²) in [6.45, 7) is 4.46. The van der Waals surface area contributed by atoms with Crippen LogP contribution in [0.4, 0.5) is 23.7 Å². The van der Waals surface area contributed by atoms with Crippen molar-refractivity contribution in [3.63, 3.8) is 0 Å². The summed E-state index contributed by atoms with van der Waals surface area (Å²) in [7, 11) is 0. The third-order valence-electron chi connectivity index (χ3n) is 2.59. The third kappa shape index (κ3) is 4.02. The first-order chi connectivity index (χ1) is 8.79. The van der Waals surface area contributed by atoms with Gasteiger partial charge in [-0.15, -0.1) is 0 Å². The van der Waals surface area contributed by atoms with Crippen molar-refractivity contribution in [2.45, 2.75) is 20.0 Å². The Morgan fingerprint density at radius 3 is 2.37 bits per heavy atom. The molecule has 0 saturated carbocycles. The Kier molecular flexibility index (Phi) is 5.05. The van der Waals surface area contributed by atoms with Gasteiger partial charge in [0.2, 0.25) is 0 Å². The number of halogens is 4. The van der Waals surface area contributed by atoms with Crippen LogP contribution in [0.25, 0.3) is 0 Å². The first-order valence-electron chi connectivity index (χ1n) is 5.72. The van der Waals surface area contributed by atoms with Gasteiger partial charge >= 0.3 is 12.2 Å². The fourth-order valence-electron chi connectivity index (χ4n) is 1.50. The number of hydrogen-bond acceptors (Lipinski definition) is 1. The Labute approximate surface area is 114 Å². The van der Waals surface area contributed by atoms with E-state index in [1.165, 1.54) is 4.90 Å². The summed E-state index contributed by atoms with van der Waals surface area (Å²) >= 11 is 5.78. The van der Waals surface area contributed by atoms with E-state index in [4.69, 9.17) is 11.6 Å². The highest BCUT2D eigenvalue weighted by Gasteiger charge is 2.31. The molecule has 1 N–H and O–H groups in total. The summed E-state index contributed by atoms with van der Waals surface area (Å²) in [5, 5.41) is 2.44. The topological polar surface area (TPSA) is 32.3 Å². The van der Waals surface area contributed by atoms with Crippen LogP contribution in [0.15, 0.2) is 18.2 Å². The van der Waals surface area contributed by atoms with E-state index in [0.717, 1.165) is 18.2 Å². The van der Waals surface area contributed by atoms with Crippen LogP contribution in [-0.4, -0.2) is 24.0 Å². The van der Waals surface area contributed by atoms with Crippen molar-refractivity contribution in [2.75, 3.05) is 18.4 Å². The van der Waals surface area contributed by atoms with Crippen molar-refractivity contribution in [3.05, 3.63) is 28.8 Å². The maximum Gasteiger partial charge on any atom is 0.416 e. The average molecular weight is 295 g/mol. The van der Waals surface area contributed by atoms with Gasteiger partial charge in [-0.2, -0.15) is 13.2 Å². The van der Waals surface area contributed by atoms with Crippen molar-refractivity contribution in [1.82, 2.24) is 4.90 Å². The molecular weight excluding hydrogens is 281 g/mol. The number of carbonyl (C=O) groups is 1. The van der Waals surface area contributed by atoms with E-state index in [1.54, 1.807) is 13.8 Å². The fourth-order valence-corrected chi connectivity index (χ4v) is 1.67. The minimum Gasteiger partial charge on any atom is -0.325 e. The number of anilines is 1. The molecule has 0 fully saturated rings. The maximum absolute atomic E-state index is 12.6. The van der Waals surface area contributed by atoms with Crippen LogP contribution in [0.1, 0.15) is 19.4 Å². The maximum atomic E-state index is 12.6. The number of alkyl halides is 3. The summed E-state index contributed by atoms with van der Waals surface area (Å²) in [5.74, 6) is 0. The number of nitrogens with one attached hydrogen (secondary N) is 1. The highest BCUT2D eigenvalue weighted by atomic mass is 35.5. The summed E-state index contributed by atoms with van der Waals surface area (Å²) in [6.07, 6.45) is -4.47. The van der Waals surface area contributed by atoms with Crippen LogP contribution in [0.5, 0.6) is 0 Å². The molecule has 2 amide bonds. The van der Waals surface area contributed by atoms with E-state index >= 15 is 0 Å². The van der Waals surface area contributed by atoms with Gasteiger partial charge in [-0.05, 0) is 32.0 Å². The molecule has 0 saturated heterocycles. The zero-order valence-electron chi connectivity index (χ0n) is 10.5. The highest BCUT2D eigenvalue weighted by Crippen LogP contribution is 2.33. The van der Waals surface area contributed by atoms with Gasteiger partial charge in [0.05, 0.1) is 16.3 Å². The van der Waals surface area contributed by atoms with E-state index in [-0.39, 0.29) is 10.7 Å². The van der Waals surface area contributed by atoms with Gasteiger partial charge in [0, 0.05) is 13.1 Å². The van der Waals surface area contributed by atoms with Crippen LogP contribution in [0.2, 0.25) is 5.02 Å². The molecule has 0 unspecified atom stereocenters. The van der Waals surface area contributed by atoms with E-state index in [1.807, 2.05) is 0 Å². The Balaban J connectivity index is 2.98. The number of amides is 2.